The molecule has 2 fully saturated rings. The van der Waals surface area contributed by atoms with Crippen LogP contribution in [0.5, 0.6) is 5.75 Å². The highest BCUT2D eigenvalue weighted by atomic mass is 35.5. The number of aromatic nitrogens is 6. The molecule has 252 valence electrons. The molecule has 0 spiro atoms. The first kappa shape index (κ1) is 33.6. The summed E-state index contributed by atoms with van der Waals surface area (Å²) in [5, 5.41) is 33.6. The predicted molar refractivity (Wildman–Crippen MR) is 185 cm³/mol. The Morgan fingerprint density at radius 3 is 2.60 bits per heavy atom. The average Bonchev–Trinajstić information content (AvgIpc) is 3.55. The first-order valence-electron chi connectivity index (χ1n) is 16.7. The molecular weight excluding hydrogens is 628 g/mol. The number of ether oxygens (including phenoxy) is 2. The van der Waals surface area contributed by atoms with Crippen molar-refractivity contribution in [3.05, 3.63) is 71.1 Å². The molecule has 1 aromatic carbocycles. The van der Waals surface area contributed by atoms with Crippen LogP contribution in [0.15, 0.2) is 54.7 Å². The van der Waals surface area contributed by atoms with Gasteiger partial charge in [0, 0.05) is 56.1 Å². The summed E-state index contributed by atoms with van der Waals surface area (Å²) < 4.78 is 12.6. The smallest absolute Gasteiger partial charge is 0.153 e. The third-order valence-corrected chi connectivity index (χ3v) is 9.66. The van der Waals surface area contributed by atoms with Crippen LogP contribution in [0.2, 0.25) is 5.02 Å². The molecule has 1 saturated carbocycles. The topological polar surface area (TPSA) is 148 Å². The third-order valence-electron chi connectivity index (χ3n) is 9.36. The fourth-order valence-electron chi connectivity index (χ4n) is 6.49. The number of pyridine rings is 2. The lowest BCUT2D eigenvalue weighted by molar-refractivity contribution is 0.0455. The van der Waals surface area contributed by atoms with Gasteiger partial charge in [0.1, 0.15) is 17.4 Å². The van der Waals surface area contributed by atoms with Crippen LogP contribution < -0.4 is 20.7 Å². The van der Waals surface area contributed by atoms with Crippen molar-refractivity contribution in [2.24, 2.45) is 5.41 Å². The molecule has 0 amide bonds. The molecule has 1 atom stereocenters. The minimum absolute atomic E-state index is 0.237. The molecule has 13 heteroatoms. The van der Waals surface area contributed by atoms with Crippen molar-refractivity contribution in [2.75, 3.05) is 37.5 Å². The summed E-state index contributed by atoms with van der Waals surface area (Å²) in [5.41, 5.74) is 2.25. The Hall–Kier alpha value is -4.31. The maximum atomic E-state index is 9.81. The number of methoxy groups -OCH3 is 1. The van der Waals surface area contributed by atoms with E-state index in [4.69, 9.17) is 26.1 Å². The molecule has 48 heavy (non-hydrogen) atoms. The van der Waals surface area contributed by atoms with Crippen LogP contribution in [0.4, 0.5) is 11.6 Å². The van der Waals surface area contributed by atoms with E-state index in [2.05, 4.69) is 49.5 Å². The quantitative estimate of drug-likeness (QED) is 0.165. The lowest BCUT2D eigenvalue weighted by Crippen LogP contribution is -2.42. The van der Waals surface area contributed by atoms with Gasteiger partial charge in [-0.05, 0) is 91.8 Å². The van der Waals surface area contributed by atoms with Crippen molar-refractivity contribution in [2.45, 2.75) is 76.5 Å². The zero-order valence-corrected chi connectivity index (χ0v) is 28.3. The Balaban J connectivity index is 0.992. The monoisotopic (exact) mass is 670 g/mol. The molecule has 6 rings (SSSR count). The fraction of sp³-hybridized carbons (Fsp3) is 0.486. The fourth-order valence-corrected chi connectivity index (χ4v) is 6.69. The molecule has 0 radical (unpaired) electrons. The van der Waals surface area contributed by atoms with Crippen molar-refractivity contribution in [1.82, 2.24) is 35.5 Å². The number of rotatable bonds is 13. The van der Waals surface area contributed by atoms with Gasteiger partial charge in [0.05, 0.1) is 35.9 Å². The second kappa shape index (κ2) is 15.7. The predicted octanol–water partition coefficient (Wildman–Crippen LogP) is 5.52. The van der Waals surface area contributed by atoms with Gasteiger partial charge in [-0.1, -0.05) is 29.8 Å². The Kier molecular flexibility index (Phi) is 11.0. The van der Waals surface area contributed by atoms with E-state index in [1.54, 1.807) is 13.3 Å². The van der Waals surface area contributed by atoms with Crippen molar-refractivity contribution in [3.8, 4) is 23.1 Å². The summed E-state index contributed by atoms with van der Waals surface area (Å²) in [6.07, 6.45) is 8.04. The van der Waals surface area contributed by atoms with Crippen LogP contribution in [-0.2, 0) is 17.7 Å². The molecule has 1 saturated heterocycles. The van der Waals surface area contributed by atoms with Crippen LogP contribution in [-0.4, -0.2) is 75.2 Å². The van der Waals surface area contributed by atoms with E-state index in [0.717, 1.165) is 66.3 Å². The van der Waals surface area contributed by atoms with Gasteiger partial charge in [-0.2, -0.15) is 5.26 Å². The summed E-state index contributed by atoms with van der Waals surface area (Å²) in [5.74, 6) is 3.20. The molecule has 2 aliphatic rings. The number of halogens is 1. The van der Waals surface area contributed by atoms with Crippen molar-refractivity contribution < 1.29 is 9.47 Å². The minimum atomic E-state index is -0.440. The van der Waals surface area contributed by atoms with Gasteiger partial charge in [0.15, 0.2) is 5.82 Å². The zero-order chi connectivity index (χ0) is 33.3. The lowest BCUT2D eigenvalue weighted by Gasteiger charge is -2.32. The molecule has 1 unspecified atom stereocenters. The SMILES string of the molecule is COc1ccc(Cn2nnnc2CC(C)NC2CCC(Nc3cc(-c4cccc(NCC5(C#N)CCOCC5)n4)c(Cl)cn3)CC2)cc1. The van der Waals surface area contributed by atoms with E-state index in [-0.39, 0.29) is 6.04 Å². The number of anilines is 2. The molecular formula is C35H43ClN10O2. The van der Waals surface area contributed by atoms with Crippen LogP contribution in [0.1, 0.15) is 56.8 Å². The second-order valence-corrected chi connectivity index (χ2v) is 13.3. The standard InChI is InChI=1S/C35H43ClN10O2/c1-24(18-34-43-44-45-46(34)21-25-6-12-28(47-2)13-7-25)40-26-8-10-27(11-9-26)41-33-19-29(30(36)20-38-33)31-4-3-5-32(42-31)39-23-35(22-37)14-16-48-17-15-35/h3-7,12-13,19-20,24,26-27,40H,8-11,14-18,21,23H2,1-2H3,(H,38,41)(H,39,42). The molecule has 12 nitrogen and oxygen atoms in total. The van der Waals surface area contributed by atoms with Crippen molar-refractivity contribution in [1.29, 1.82) is 5.26 Å². The third kappa shape index (κ3) is 8.58. The first-order chi connectivity index (χ1) is 23.4. The molecule has 4 aromatic rings. The number of nitrogens with one attached hydrogen (secondary N) is 3. The highest BCUT2D eigenvalue weighted by Gasteiger charge is 2.32. The summed E-state index contributed by atoms with van der Waals surface area (Å²) in [7, 11) is 1.67. The summed E-state index contributed by atoms with van der Waals surface area (Å²) in [6.45, 7) is 4.56. The highest BCUT2D eigenvalue weighted by Crippen LogP contribution is 2.32. The number of nitriles is 1. The Labute approximate surface area is 286 Å². The molecule has 0 bridgehead atoms. The lowest BCUT2D eigenvalue weighted by atomic mass is 9.82. The molecule has 4 heterocycles. The van der Waals surface area contributed by atoms with Crippen LogP contribution in [0.3, 0.4) is 0 Å². The Morgan fingerprint density at radius 1 is 1.08 bits per heavy atom. The molecule has 1 aliphatic heterocycles. The summed E-state index contributed by atoms with van der Waals surface area (Å²) in [4.78, 5) is 9.40. The number of hydrogen-bond donors (Lipinski definition) is 3. The van der Waals surface area contributed by atoms with E-state index >= 15 is 0 Å². The van der Waals surface area contributed by atoms with Crippen molar-refractivity contribution in [3.63, 3.8) is 0 Å². The van der Waals surface area contributed by atoms with Gasteiger partial charge in [-0.25, -0.2) is 14.6 Å². The molecule has 3 aromatic heterocycles. The van der Waals surface area contributed by atoms with Crippen LogP contribution >= 0.6 is 11.6 Å². The summed E-state index contributed by atoms with van der Waals surface area (Å²) >= 11 is 6.61. The largest absolute Gasteiger partial charge is 0.497 e. The molecule has 3 N–H and O–H groups in total. The first-order valence-corrected chi connectivity index (χ1v) is 17.1. The Morgan fingerprint density at radius 2 is 1.85 bits per heavy atom. The maximum Gasteiger partial charge on any atom is 0.153 e. The van der Waals surface area contributed by atoms with Gasteiger partial charge in [0.25, 0.3) is 0 Å². The maximum absolute atomic E-state index is 9.81. The van der Waals surface area contributed by atoms with Gasteiger partial charge < -0.3 is 25.4 Å². The highest BCUT2D eigenvalue weighted by molar-refractivity contribution is 6.33. The van der Waals surface area contributed by atoms with Gasteiger partial charge >= 0.3 is 0 Å². The van der Waals surface area contributed by atoms with Crippen LogP contribution in [0, 0.1) is 16.7 Å². The van der Waals surface area contributed by atoms with Gasteiger partial charge in [0.2, 0.25) is 0 Å². The second-order valence-electron chi connectivity index (χ2n) is 12.9. The molecule has 1 aliphatic carbocycles. The van der Waals surface area contributed by atoms with E-state index in [0.29, 0.717) is 62.1 Å². The van der Waals surface area contributed by atoms with Crippen LogP contribution in [0.25, 0.3) is 11.3 Å². The van der Waals surface area contributed by atoms with E-state index in [9.17, 15) is 5.26 Å². The minimum Gasteiger partial charge on any atom is -0.497 e. The zero-order valence-electron chi connectivity index (χ0n) is 27.5. The number of tetrazole rings is 1. The van der Waals surface area contributed by atoms with E-state index < -0.39 is 5.41 Å². The van der Waals surface area contributed by atoms with Gasteiger partial charge in [-0.3, -0.25) is 0 Å². The summed E-state index contributed by atoms with van der Waals surface area (Å²) in [6, 6.07) is 19.2. The number of benzene rings is 1. The van der Waals surface area contributed by atoms with E-state index in [1.165, 1.54) is 0 Å². The number of nitrogens with zero attached hydrogens (tertiary/aromatic N) is 7. The average molecular weight is 671 g/mol. The Bertz CT molecular complexity index is 1680. The number of hydrogen-bond acceptors (Lipinski definition) is 11. The normalized spacial score (nSPS) is 19.6. The van der Waals surface area contributed by atoms with Gasteiger partial charge in [-0.15, -0.1) is 5.10 Å². The van der Waals surface area contributed by atoms with Crippen molar-refractivity contribution >= 4 is 23.2 Å². The van der Waals surface area contributed by atoms with E-state index in [1.807, 2.05) is 53.2 Å².